The number of hydrogen-bond donors (Lipinski definition) is 0. The molecule has 4 nitrogen and oxygen atoms in total. The highest BCUT2D eigenvalue weighted by Crippen LogP contribution is 2.25. The third-order valence-corrected chi connectivity index (χ3v) is 4.72. The largest absolute Gasteiger partial charge is 0.450 e. The fourth-order valence-electron chi connectivity index (χ4n) is 2.89. The third-order valence-electron chi connectivity index (χ3n) is 4.29. The minimum Gasteiger partial charge on any atom is -0.450 e. The van der Waals surface area contributed by atoms with Crippen LogP contribution < -0.4 is 0 Å². The molecule has 1 aliphatic rings. The Morgan fingerprint density at radius 2 is 1.84 bits per heavy atom. The van der Waals surface area contributed by atoms with E-state index in [9.17, 15) is 9.59 Å². The molecule has 0 bridgehead atoms. The molecule has 0 unspecified atom stereocenters. The molecule has 1 saturated heterocycles. The number of allylic oxidation sites excluding steroid dienone is 4. The molecule has 0 N–H and O–H groups in total. The molecule has 0 aromatic heterocycles. The van der Waals surface area contributed by atoms with Gasteiger partial charge in [-0.15, -0.1) is 0 Å². The second kappa shape index (κ2) is 9.56. The molecular weight excluding hydrogens is 382 g/mol. The van der Waals surface area contributed by atoms with Crippen molar-refractivity contribution in [3.05, 3.63) is 52.5 Å². The first-order chi connectivity index (χ1) is 12.0. The molecule has 0 radical (unpaired) electrons. The first-order valence-electron chi connectivity index (χ1n) is 8.58. The van der Waals surface area contributed by atoms with Gasteiger partial charge in [-0.05, 0) is 48.4 Å². The molecule has 1 amide bonds. The van der Waals surface area contributed by atoms with E-state index < -0.39 is 0 Å². The molecular formula is C20H24BrNO3. The van der Waals surface area contributed by atoms with Crippen LogP contribution >= 0.6 is 15.9 Å². The van der Waals surface area contributed by atoms with Gasteiger partial charge in [-0.3, -0.25) is 4.79 Å². The van der Waals surface area contributed by atoms with E-state index in [4.69, 9.17) is 4.74 Å². The van der Waals surface area contributed by atoms with Crippen molar-refractivity contribution in [1.29, 1.82) is 0 Å². The van der Waals surface area contributed by atoms with Crippen LogP contribution in [0.15, 0.2) is 47.0 Å². The molecule has 1 aliphatic heterocycles. The molecule has 0 atom stereocenters. The van der Waals surface area contributed by atoms with Gasteiger partial charge in [0.2, 0.25) is 0 Å². The molecule has 1 aromatic carbocycles. The number of likely N-dealkylation sites (tertiary alicyclic amines) is 1. The summed E-state index contributed by atoms with van der Waals surface area (Å²) in [4.78, 5) is 25.9. The highest BCUT2D eigenvalue weighted by Gasteiger charge is 2.26. The van der Waals surface area contributed by atoms with E-state index in [1.54, 1.807) is 17.9 Å². The lowest BCUT2D eigenvalue weighted by molar-refractivity contribution is -0.119. The van der Waals surface area contributed by atoms with Gasteiger partial charge in [0, 0.05) is 19.0 Å². The number of benzene rings is 1. The Labute approximate surface area is 157 Å². The average molecular weight is 406 g/mol. The quantitative estimate of drug-likeness (QED) is 0.521. The zero-order valence-electron chi connectivity index (χ0n) is 14.7. The van der Waals surface area contributed by atoms with Gasteiger partial charge < -0.3 is 9.64 Å². The Kier molecular flexibility index (Phi) is 7.44. The first-order valence-corrected chi connectivity index (χ1v) is 9.37. The van der Waals surface area contributed by atoms with E-state index in [0.717, 1.165) is 15.6 Å². The minimum absolute atomic E-state index is 0.0328. The number of carbonyl (C=O) groups is 2. The standard InChI is InChI=1S/C20H24BrNO3/c1-3-25-20(24)22-13-11-17(12-14-22)19(23)10-9-18(15(2)21)16-7-5-4-6-8-16/h4-10,17H,3,11-14H2,1-2H3/b10-9+,18-15-. The van der Waals surface area contributed by atoms with Crippen molar-refractivity contribution >= 4 is 33.4 Å². The molecule has 0 spiro atoms. The highest BCUT2D eigenvalue weighted by atomic mass is 79.9. The average Bonchev–Trinajstić information content (AvgIpc) is 2.62. The van der Waals surface area contributed by atoms with Gasteiger partial charge in [0.15, 0.2) is 5.78 Å². The Morgan fingerprint density at radius 1 is 1.20 bits per heavy atom. The summed E-state index contributed by atoms with van der Waals surface area (Å²) in [7, 11) is 0. The van der Waals surface area contributed by atoms with Crippen LogP contribution in [0.3, 0.4) is 0 Å². The summed E-state index contributed by atoms with van der Waals surface area (Å²) in [6.45, 7) is 5.28. The Hall–Kier alpha value is -1.88. The van der Waals surface area contributed by atoms with Crippen LogP contribution in [0.25, 0.3) is 5.57 Å². The van der Waals surface area contributed by atoms with Crippen molar-refractivity contribution < 1.29 is 14.3 Å². The topological polar surface area (TPSA) is 46.6 Å². The van der Waals surface area contributed by atoms with Gasteiger partial charge in [-0.2, -0.15) is 0 Å². The van der Waals surface area contributed by atoms with E-state index in [-0.39, 0.29) is 17.8 Å². The predicted octanol–water partition coefficient (Wildman–Crippen LogP) is 4.81. The van der Waals surface area contributed by atoms with Crippen molar-refractivity contribution in [1.82, 2.24) is 4.90 Å². The molecule has 0 saturated carbocycles. The molecule has 5 heteroatoms. The minimum atomic E-state index is -0.284. The van der Waals surface area contributed by atoms with Gasteiger partial charge in [-0.1, -0.05) is 52.3 Å². The lowest BCUT2D eigenvalue weighted by Crippen LogP contribution is -2.40. The summed E-state index contributed by atoms with van der Waals surface area (Å²) < 4.78 is 5.99. The van der Waals surface area contributed by atoms with Gasteiger partial charge in [-0.25, -0.2) is 4.79 Å². The Balaban J connectivity index is 1.97. The summed E-state index contributed by atoms with van der Waals surface area (Å²) in [5, 5.41) is 0. The first kappa shape index (κ1) is 19.4. The predicted molar refractivity (Wildman–Crippen MR) is 103 cm³/mol. The van der Waals surface area contributed by atoms with Gasteiger partial charge >= 0.3 is 6.09 Å². The van der Waals surface area contributed by atoms with Gasteiger partial charge in [0.25, 0.3) is 0 Å². The van der Waals surface area contributed by atoms with E-state index in [1.165, 1.54) is 0 Å². The molecule has 25 heavy (non-hydrogen) atoms. The number of amides is 1. The molecule has 134 valence electrons. The number of nitrogens with zero attached hydrogens (tertiary/aromatic N) is 1. The highest BCUT2D eigenvalue weighted by molar-refractivity contribution is 9.11. The van der Waals surface area contributed by atoms with Gasteiger partial charge in [0.05, 0.1) is 6.61 Å². The monoisotopic (exact) mass is 405 g/mol. The molecule has 1 heterocycles. The van der Waals surface area contributed by atoms with E-state index in [1.807, 2.05) is 43.3 Å². The summed E-state index contributed by atoms with van der Waals surface area (Å²) in [5.74, 6) is 0.0836. The smallest absolute Gasteiger partial charge is 0.409 e. The SMILES string of the molecule is CCOC(=O)N1CCC(C(=O)/C=C/C(=C(\C)Br)c2ccccc2)CC1. The van der Waals surface area contributed by atoms with Crippen LogP contribution in [-0.4, -0.2) is 36.5 Å². The maximum absolute atomic E-state index is 12.5. The van der Waals surface area contributed by atoms with Crippen LogP contribution in [0.4, 0.5) is 4.79 Å². The van der Waals surface area contributed by atoms with E-state index in [0.29, 0.717) is 32.5 Å². The lowest BCUT2D eigenvalue weighted by atomic mass is 9.92. The molecule has 1 fully saturated rings. The fourth-order valence-corrected chi connectivity index (χ4v) is 3.25. The van der Waals surface area contributed by atoms with Crippen LogP contribution in [0, 0.1) is 5.92 Å². The van der Waals surface area contributed by atoms with Crippen molar-refractivity contribution in [2.24, 2.45) is 5.92 Å². The number of ketones is 1. The van der Waals surface area contributed by atoms with Crippen LogP contribution in [0.2, 0.25) is 0 Å². The molecule has 0 aliphatic carbocycles. The number of ether oxygens (including phenoxy) is 1. The third kappa shape index (κ3) is 5.56. The summed E-state index contributed by atoms with van der Waals surface area (Å²) in [6.07, 6.45) is 4.62. The van der Waals surface area contributed by atoms with Gasteiger partial charge in [0.1, 0.15) is 0 Å². The van der Waals surface area contributed by atoms with Crippen molar-refractivity contribution in [3.8, 4) is 0 Å². The van der Waals surface area contributed by atoms with Crippen molar-refractivity contribution in [2.45, 2.75) is 26.7 Å². The number of rotatable bonds is 5. The van der Waals surface area contributed by atoms with E-state index >= 15 is 0 Å². The van der Waals surface area contributed by atoms with Crippen molar-refractivity contribution in [3.63, 3.8) is 0 Å². The molecule has 1 aromatic rings. The number of carbonyl (C=O) groups excluding carboxylic acids is 2. The zero-order chi connectivity index (χ0) is 18.2. The van der Waals surface area contributed by atoms with Crippen molar-refractivity contribution in [2.75, 3.05) is 19.7 Å². The maximum atomic E-state index is 12.5. The number of halogens is 1. The second-order valence-electron chi connectivity index (χ2n) is 6.01. The summed E-state index contributed by atoms with van der Waals surface area (Å²) in [6, 6.07) is 9.97. The van der Waals surface area contributed by atoms with E-state index in [2.05, 4.69) is 15.9 Å². The summed E-state index contributed by atoms with van der Waals surface area (Å²) >= 11 is 3.52. The fraction of sp³-hybridized carbons (Fsp3) is 0.400. The van der Waals surface area contributed by atoms with Crippen LogP contribution in [-0.2, 0) is 9.53 Å². The Bertz CT molecular complexity index is 655. The number of hydrogen-bond acceptors (Lipinski definition) is 3. The molecule has 2 rings (SSSR count). The maximum Gasteiger partial charge on any atom is 0.409 e. The normalized spacial score (nSPS) is 16.7. The lowest BCUT2D eigenvalue weighted by Gasteiger charge is -2.30. The zero-order valence-corrected chi connectivity index (χ0v) is 16.3. The Morgan fingerprint density at radius 3 is 2.40 bits per heavy atom. The van der Waals surface area contributed by atoms with Crippen LogP contribution in [0.1, 0.15) is 32.3 Å². The summed E-state index contributed by atoms with van der Waals surface area (Å²) in [5.41, 5.74) is 2.07. The second-order valence-corrected chi connectivity index (χ2v) is 7.20. The number of piperidine rings is 1. The van der Waals surface area contributed by atoms with Crippen LogP contribution in [0.5, 0.6) is 0 Å².